The van der Waals surface area contributed by atoms with Crippen LogP contribution in [0.5, 0.6) is 0 Å². The zero-order valence-corrected chi connectivity index (χ0v) is 15.8. The van der Waals surface area contributed by atoms with Crippen molar-refractivity contribution < 1.29 is 9.90 Å². The molecular weight excluding hydrogens is 332 g/mol. The standard InChI is InChI=1S/C18H26N6O2/c1-10-5-11(2)24-18(19-10)20-16(21-24)17(26)23-8-12-6-14(22(3)4)15(25)7-13(12)9-23/h5,12-15,25H,6-9H2,1-4H3/t12-,13+,14-,15-/m1/s1. The minimum atomic E-state index is -0.329. The normalized spacial score (nSPS) is 28.8. The number of aliphatic hydroxyl groups is 1. The third-order valence-electron chi connectivity index (χ3n) is 5.87. The molecule has 2 aromatic heterocycles. The molecule has 0 aromatic carbocycles. The minimum Gasteiger partial charge on any atom is -0.391 e. The number of likely N-dealkylation sites (tertiary alicyclic amines) is 1. The monoisotopic (exact) mass is 358 g/mol. The first-order chi connectivity index (χ1) is 12.3. The number of aryl methyl sites for hydroxylation is 2. The first-order valence-corrected chi connectivity index (χ1v) is 9.18. The van der Waals surface area contributed by atoms with Crippen LogP contribution >= 0.6 is 0 Å². The van der Waals surface area contributed by atoms with Crippen LogP contribution in [-0.4, -0.2) is 79.7 Å². The largest absolute Gasteiger partial charge is 0.391 e. The predicted octanol–water partition coefficient (Wildman–Crippen LogP) is 0.514. The molecule has 0 unspecified atom stereocenters. The third-order valence-corrected chi connectivity index (χ3v) is 5.87. The van der Waals surface area contributed by atoms with Crippen molar-refractivity contribution in [3.05, 3.63) is 23.3 Å². The lowest BCUT2D eigenvalue weighted by atomic mass is 9.77. The number of aliphatic hydroxyl groups excluding tert-OH is 1. The van der Waals surface area contributed by atoms with E-state index in [1.807, 2.05) is 38.9 Å². The summed E-state index contributed by atoms with van der Waals surface area (Å²) >= 11 is 0. The summed E-state index contributed by atoms with van der Waals surface area (Å²) in [6, 6.07) is 2.08. The van der Waals surface area contributed by atoms with E-state index in [9.17, 15) is 9.90 Å². The van der Waals surface area contributed by atoms with Gasteiger partial charge >= 0.3 is 0 Å². The maximum absolute atomic E-state index is 12.9. The molecule has 2 fully saturated rings. The van der Waals surface area contributed by atoms with Gasteiger partial charge in [-0.3, -0.25) is 4.79 Å². The Balaban J connectivity index is 1.54. The van der Waals surface area contributed by atoms with Gasteiger partial charge in [-0.1, -0.05) is 0 Å². The lowest BCUT2D eigenvalue weighted by Gasteiger charge is -2.38. The van der Waals surface area contributed by atoms with Crippen molar-refractivity contribution in [1.29, 1.82) is 0 Å². The van der Waals surface area contributed by atoms with E-state index in [1.54, 1.807) is 4.52 Å². The Kier molecular flexibility index (Phi) is 4.19. The van der Waals surface area contributed by atoms with Gasteiger partial charge in [0.15, 0.2) is 0 Å². The van der Waals surface area contributed by atoms with Crippen LogP contribution in [0.3, 0.4) is 0 Å². The summed E-state index contributed by atoms with van der Waals surface area (Å²) in [7, 11) is 4.01. The van der Waals surface area contributed by atoms with Gasteiger partial charge in [0.25, 0.3) is 11.7 Å². The van der Waals surface area contributed by atoms with E-state index in [2.05, 4.69) is 20.0 Å². The Hall–Kier alpha value is -2.06. The first kappa shape index (κ1) is 17.4. The van der Waals surface area contributed by atoms with E-state index < -0.39 is 0 Å². The van der Waals surface area contributed by atoms with Crippen LogP contribution in [0, 0.1) is 25.7 Å². The predicted molar refractivity (Wildman–Crippen MR) is 95.9 cm³/mol. The van der Waals surface area contributed by atoms with Crippen molar-refractivity contribution in [3.63, 3.8) is 0 Å². The molecule has 1 aliphatic carbocycles. The average Bonchev–Trinajstić information content (AvgIpc) is 3.16. The molecule has 2 aromatic rings. The Morgan fingerprint density at radius 3 is 2.58 bits per heavy atom. The molecule has 26 heavy (non-hydrogen) atoms. The van der Waals surface area contributed by atoms with E-state index in [1.165, 1.54) is 0 Å². The molecule has 4 rings (SSSR count). The van der Waals surface area contributed by atoms with Crippen LogP contribution in [0.4, 0.5) is 0 Å². The zero-order chi connectivity index (χ0) is 18.6. The summed E-state index contributed by atoms with van der Waals surface area (Å²) < 4.78 is 1.62. The molecule has 1 amide bonds. The number of carbonyl (C=O) groups excluding carboxylic acids is 1. The van der Waals surface area contributed by atoms with Gasteiger partial charge in [-0.15, -0.1) is 5.10 Å². The number of fused-ring (bicyclic) bond motifs is 2. The second-order valence-corrected chi connectivity index (χ2v) is 7.99. The molecule has 8 nitrogen and oxygen atoms in total. The van der Waals surface area contributed by atoms with Gasteiger partial charge in [0, 0.05) is 30.5 Å². The van der Waals surface area contributed by atoms with Gasteiger partial charge in [0.05, 0.1) is 6.10 Å². The molecule has 1 aliphatic heterocycles. The Morgan fingerprint density at radius 2 is 1.88 bits per heavy atom. The molecule has 8 heteroatoms. The van der Waals surface area contributed by atoms with Gasteiger partial charge in [-0.2, -0.15) is 4.98 Å². The van der Waals surface area contributed by atoms with E-state index in [0.29, 0.717) is 30.7 Å². The zero-order valence-electron chi connectivity index (χ0n) is 15.8. The molecule has 3 heterocycles. The Bertz CT molecular complexity index is 848. The number of rotatable bonds is 2. The number of likely N-dealkylation sites (N-methyl/N-ethyl adjacent to an activating group) is 1. The van der Waals surface area contributed by atoms with E-state index >= 15 is 0 Å². The molecule has 0 radical (unpaired) electrons. The molecule has 1 N–H and O–H groups in total. The Morgan fingerprint density at radius 1 is 1.19 bits per heavy atom. The number of nitrogens with zero attached hydrogens (tertiary/aromatic N) is 6. The fraction of sp³-hybridized carbons (Fsp3) is 0.667. The summed E-state index contributed by atoms with van der Waals surface area (Å²) in [6.07, 6.45) is 1.33. The molecular formula is C18H26N6O2. The number of carbonyl (C=O) groups is 1. The molecule has 1 saturated carbocycles. The van der Waals surface area contributed by atoms with Gasteiger partial charge in [0.2, 0.25) is 5.82 Å². The SMILES string of the molecule is Cc1cc(C)n2nc(C(=O)N3C[C@H]4C[C@@H](N(C)C)[C@H](O)C[C@H]4C3)nc2n1. The average molecular weight is 358 g/mol. The molecule has 140 valence electrons. The van der Waals surface area contributed by atoms with Crippen molar-refractivity contribution in [2.75, 3.05) is 27.2 Å². The Labute approximate surface area is 152 Å². The quantitative estimate of drug-likeness (QED) is 0.842. The summed E-state index contributed by atoms with van der Waals surface area (Å²) in [5.74, 6) is 1.30. The first-order valence-electron chi connectivity index (χ1n) is 9.18. The highest BCUT2D eigenvalue weighted by molar-refractivity contribution is 5.91. The van der Waals surface area contributed by atoms with Gasteiger partial charge in [-0.05, 0) is 58.7 Å². The van der Waals surface area contributed by atoms with Crippen molar-refractivity contribution >= 4 is 11.7 Å². The maximum atomic E-state index is 12.9. The molecule has 1 saturated heterocycles. The maximum Gasteiger partial charge on any atom is 0.293 e. The lowest BCUT2D eigenvalue weighted by Crippen LogP contribution is -2.46. The van der Waals surface area contributed by atoms with E-state index in [4.69, 9.17) is 0 Å². The second kappa shape index (κ2) is 6.28. The topological polar surface area (TPSA) is 86.9 Å². The van der Waals surface area contributed by atoms with Gasteiger partial charge in [0.1, 0.15) is 0 Å². The summed E-state index contributed by atoms with van der Waals surface area (Å²) in [5, 5.41) is 14.8. The van der Waals surface area contributed by atoms with Crippen LogP contribution in [0.1, 0.15) is 34.8 Å². The highest BCUT2D eigenvalue weighted by Gasteiger charge is 2.44. The molecule has 0 spiro atoms. The minimum absolute atomic E-state index is 0.141. The summed E-state index contributed by atoms with van der Waals surface area (Å²) in [6.45, 7) is 5.21. The van der Waals surface area contributed by atoms with Gasteiger partial charge in [-0.25, -0.2) is 9.50 Å². The number of amides is 1. The summed E-state index contributed by atoms with van der Waals surface area (Å²) in [5.41, 5.74) is 1.77. The highest BCUT2D eigenvalue weighted by Crippen LogP contribution is 2.38. The van der Waals surface area contributed by atoms with E-state index in [0.717, 1.165) is 24.2 Å². The van der Waals surface area contributed by atoms with Crippen molar-refractivity contribution in [2.24, 2.45) is 11.8 Å². The number of hydrogen-bond donors (Lipinski definition) is 1. The van der Waals surface area contributed by atoms with Crippen molar-refractivity contribution in [2.45, 2.75) is 38.8 Å². The van der Waals surface area contributed by atoms with E-state index in [-0.39, 0.29) is 23.9 Å². The van der Waals surface area contributed by atoms with Crippen molar-refractivity contribution in [1.82, 2.24) is 29.4 Å². The van der Waals surface area contributed by atoms with Crippen LogP contribution in [-0.2, 0) is 0 Å². The second-order valence-electron chi connectivity index (χ2n) is 7.99. The van der Waals surface area contributed by atoms with Gasteiger partial charge < -0.3 is 14.9 Å². The van der Waals surface area contributed by atoms with Crippen LogP contribution in [0.15, 0.2) is 6.07 Å². The molecule has 2 aliphatic rings. The highest BCUT2D eigenvalue weighted by atomic mass is 16.3. The fourth-order valence-electron chi connectivity index (χ4n) is 4.53. The summed E-state index contributed by atoms with van der Waals surface area (Å²) in [4.78, 5) is 25.6. The number of hydrogen-bond acceptors (Lipinski definition) is 6. The third kappa shape index (κ3) is 2.87. The van der Waals surface area contributed by atoms with Crippen LogP contribution in [0.2, 0.25) is 0 Å². The fourth-order valence-corrected chi connectivity index (χ4v) is 4.53. The smallest absolute Gasteiger partial charge is 0.293 e. The molecule has 4 atom stereocenters. The van der Waals surface area contributed by atoms with Crippen LogP contribution in [0.25, 0.3) is 5.78 Å². The number of aromatic nitrogens is 4. The molecule has 0 bridgehead atoms. The van der Waals surface area contributed by atoms with Crippen molar-refractivity contribution in [3.8, 4) is 0 Å². The van der Waals surface area contributed by atoms with Crippen LogP contribution < -0.4 is 0 Å². The lowest BCUT2D eigenvalue weighted by molar-refractivity contribution is 0.00940.